The second-order valence-corrected chi connectivity index (χ2v) is 5.78. The largest absolute Gasteiger partial charge is 0.321 e. The van der Waals surface area contributed by atoms with Crippen molar-refractivity contribution in [1.82, 2.24) is 15.0 Å². The Morgan fingerprint density at radius 3 is 2.33 bits per heavy atom. The van der Waals surface area contributed by atoms with E-state index in [1.54, 1.807) is 4.68 Å². The number of benzene rings is 2. The first-order chi connectivity index (χ1) is 11.6. The molecule has 5 heteroatoms. The van der Waals surface area contributed by atoms with Crippen molar-refractivity contribution in [2.45, 2.75) is 27.2 Å². The SMILES string of the molecule is CCc1ccc(NC(=O)c2nnn(-c3ccc(C)cc3)c2C)cc1. The molecule has 1 amide bonds. The predicted molar refractivity (Wildman–Crippen MR) is 94.6 cm³/mol. The van der Waals surface area contributed by atoms with Gasteiger partial charge in [-0.1, -0.05) is 42.0 Å². The molecule has 0 fully saturated rings. The zero-order valence-electron chi connectivity index (χ0n) is 14.1. The molecule has 0 spiro atoms. The molecule has 5 nitrogen and oxygen atoms in total. The number of carbonyl (C=O) groups excluding carboxylic acids is 1. The summed E-state index contributed by atoms with van der Waals surface area (Å²) in [5.74, 6) is -0.255. The Balaban J connectivity index is 1.81. The maximum atomic E-state index is 12.5. The Kier molecular flexibility index (Phi) is 4.42. The summed E-state index contributed by atoms with van der Waals surface area (Å²) in [7, 11) is 0. The number of carbonyl (C=O) groups is 1. The molecule has 0 aliphatic heterocycles. The van der Waals surface area contributed by atoms with E-state index < -0.39 is 0 Å². The average Bonchev–Trinajstić information content (AvgIpc) is 2.98. The van der Waals surface area contributed by atoms with Crippen molar-refractivity contribution in [3.05, 3.63) is 71.0 Å². The molecule has 1 heterocycles. The molecule has 122 valence electrons. The molecule has 0 saturated carbocycles. The monoisotopic (exact) mass is 320 g/mol. The van der Waals surface area contributed by atoms with Gasteiger partial charge < -0.3 is 5.32 Å². The first kappa shape index (κ1) is 15.9. The maximum absolute atomic E-state index is 12.5. The van der Waals surface area contributed by atoms with Gasteiger partial charge in [-0.15, -0.1) is 5.10 Å². The van der Waals surface area contributed by atoms with Gasteiger partial charge in [0.25, 0.3) is 5.91 Å². The fourth-order valence-electron chi connectivity index (χ4n) is 2.48. The maximum Gasteiger partial charge on any atom is 0.278 e. The summed E-state index contributed by atoms with van der Waals surface area (Å²) >= 11 is 0. The fraction of sp³-hybridized carbons (Fsp3) is 0.211. The lowest BCUT2D eigenvalue weighted by atomic mass is 10.1. The van der Waals surface area contributed by atoms with Crippen molar-refractivity contribution >= 4 is 11.6 Å². The van der Waals surface area contributed by atoms with Crippen LogP contribution in [-0.4, -0.2) is 20.9 Å². The molecule has 0 unspecified atom stereocenters. The highest BCUT2D eigenvalue weighted by molar-refractivity contribution is 6.03. The van der Waals surface area contributed by atoms with Crippen LogP contribution in [0.4, 0.5) is 5.69 Å². The summed E-state index contributed by atoms with van der Waals surface area (Å²) in [5, 5.41) is 11.0. The highest BCUT2D eigenvalue weighted by Crippen LogP contribution is 2.15. The van der Waals surface area contributed by atoms with Crippen LogP contribution >= 0.6 is 0 Å². The zero-order chi connectivity index (χ0) is 17.1. The van der Waals surface area contributed by atoms with Crippen LogP contribution in [0.15, 0.2) is 48.5 Å². The third-order valence-corrected chi connectivity index (χ3v) is 4.01. The molecule has 0 bridgehead atoms. The van der Waals surface area contributed by atoms with Gasteiger partial charge in [-0.2, -0.15) is 0 Å². The summed E-state index contributed by atoms with van der Waals surface area (Å²) in [6, 6.07) is 15.7. The second kappa shape index (κ2) is 6.66. The third kappa shape index (κ3) is 3.20. The highest BCUT2D eigenvalue weighted by Gasteiger charge is 2.17. The summed E-state index contributed by atoms with van der Waals surface area (Å²) in [6.45, 7) is 5.97. The minimum absolute atomic E-state index is 0.255. The molecule has 3 aromatic rings. The minimum Gasteiger partial charge on any atom is -0.321 e. The van der Waals surface area contributed by atoms with E-state index in [9.17, 15) is 4.79 Å². The summed E-state index contributed by atoms with van der Waals surface area (Å²) in [5.41, 5.74) is 5.08. The zero-order valence-corrected chi connectivity index (χ0v) is 14.1. The molecule has 0 atom stereocenters. The van der Waals surface area contributed by atoms with Gasteiger partial charge >= 0.3 is 0 Å². The van der Waals surface area contributed by atoms with E-state index in [0.717, 1.165) is 17.8 Å². The number of aryl methyl sites for hydroxylation is 2. The highest BCUT2D eigenvalue weighted by atomic mass is 16.2. The van der Waals surface area contributed by atoms with Crippen LogP contribution in [0.25, 0.3) is 5.69 Å². The molecule has 1 N–H and O–H groups in total. The van der Waals surface area contributed by atoms with Crippen molar-refractivity contribution in [2.75, 3.05) is 5.32 Å². The molecule has 24 heavy (non-hydrogen) atoms. The summed E-state index contributed by atoms with van der Waals surface area (Å²) < 4.78 is 1.68. The first-order valence-corrected chi connectivity index (χ1v) is 7.98. The van der Waals surface area contributed by atoms with Gasteiger partial charge in [0.05, 0.1) is 11.4 Å². The van der Waals surface area contributed by atoms with Gasteiger partial charge in [0.15, 0.2) is 5.69 Å². The Labute approximate surface area is 141 Å². The summed E-state index contributed by atoms with van der Waals surface area (Å²) in [6.07, 6.45) is 0.970. The predicted octanol–water partition coefficient (Wildman–Crippen LogP) is 3.70. The minimum atomic E-state index is -0.255. The third-order valence-electron chi connectivity index (χ3n) is 4.01. The van der Waals surface area contributed by atoms with Gasteiger partial charge in [-0.25, -0.2) is 4.68 Å². The van der Waals surface area contributed by atoms with Crippen molar-refractivity contribution in [3.63, 3.8) is 0 Å². The smallest absolute Gasteiger partial charge is 0.278 e. The number of nitrogens with one attached hydrogen (secondary N) is 1. The number of nitrogens with zero attached hydrogens (tertiary/aromatic N) is 3. The van der Waals surface area contributed by atoms with E-state index in [1.807, 2.05) is 62.4 Å². The number of anilines is 1. The van der Waals surface area contributed by atoms with Crippen molar-refractivity contribution in [3.8, 4) is 5.69 Å². The van der Waals surface area contributed by atoms with Crippen LogP contribution in [-0.2, 0) is 6.42 Å². The van der Waals surface area contributed by atoms with Crippen LogP contribution < -0.4 is 5.32 Å². The number of amides is 1. The molecular formula is C19H20N4O. The number of hydrogen-bond acceptors (Lipinski definition) is 3. The molecule has 0 aliphatic rings. The van der Waals surface area contributed by atoms with Crippen LogP contribution in [0.5, 0.6) is 0 Å². The van der Waals surface area contributed by atoms with Gasteiger partial charge in [-0.3, -0.25) is 4.79 Å². The molecule has 0 aliphatic carbocycles. The molecule has 1 aromatic heterocycles. The van der Waals surface area contributed by atoms with Gasteiger partial charge in [0.1, 0.15) is 0 Å². The van der Waals surface area contributed by atoms with E-state index in [2.05, 4.69) is 22.6 Å². The van der Waals surface area contributed by atoms with Crippen LogP contribution in [0.2, 0.25) is 0 Å². The molecule has 2 aromatic carbocycles. The van der Waals surface area contributed by atoms with E-state index >= 15 is 0 Å². The Morgan fingerprint density at radius 1 is 1.04 bits per heavy atom. The average molecular weight is 320 g/mol. The van der Waals surface area contributed by atoms with Crippen LogP contribution in [0.1, 0.15) is 34.2 Å². The van der Waals surface area contributed by atoms with Crippen molar-refractivity contribution < 1.29 is 4.79 Å². The lowest BCUT2D eigenvalue weighted by Crippen LogP contribution is -2.14. The second-order valence-electron chi connectivity index (χ2n) is 5.78. The van der Waals surface area contributed by atoms with Gasteiger partial charge in [0, 0.05) is 5.69 Å². The lowest BCUT2D eigenvalue weighted by molar-refractivity contribution is 0.102. The van der Waals surface area contributed by atoms with E-state index in [-0.39, 0.29) is 5.91 Å². The molecule has 3 rings (SSSR count). The van der Waals surface area contributed by atoms with Crippen molar-refractivity contribution in [1.29, 1.82) is 0 Å². The Morgan fingerprint density at radius 2 is 1.71 bits per heavy atom. The molecule has 0 radical (unpaired) electrons. The molecule has 0 saturated heterocycles. The van der Waals surface area contributed by atoms with E-state index in [4.69, 9.17) is 0 Å². The Bertz CT molecular complexity index is 848. The van der Waals surface area contributed by atoms with E-state index in [1.165, 1.54) is 11.1 Å². The number of rotatable bonds is 4. The topological polar surface area (TPSA) is 59.8 Å². The normalized spacial score (nSPS) is 10.6. The van der Waals surface area contributed by atoms with Gasteiger partial charge in [0.2, 0.25) is 0 Å². The van der Waals surface area contributed by atoms with Crippen LogP contribution in [0, 0.1) is 13.8 Å². The van der Waals surface area contributed by atoms with Crippen LogP contribution in [0.3, 0.4) is 0 Å². The quantitative estimate of drug-likeness (QED) is 0.797. The number of aromatic nitrogens is 3. The standard InChI is InChI=1S/C19H20N4O/c1-4-15-7-9-16(10-8-15)20-19(24)18-14(3)23(22-21-18)17-11-5-13(2)6-12-17/h5-12H,4H2,1-3H3,(H,20,24). The Hall–Kier alpha value is -2.95. The van der Waals surface area contributed by atoms with E-state index in [0.29, 0.717) is 11.4 Å². The first-order valence-electron chi connectivity index (χ1n) is 7.98. The fourth-order valence-corrected chi connectivity index (χ4v) is 2.48. The van der Waals surface area contributed by atoms with Crippen molar-refractivity contribution in [2.24, 2.45) is 0 Å². The van der Waals surface area contributed by atoms with Gasteiger partial charge in [-0.05, 0) is 50.1 Å². The molecular weight excluding hydrogens is 300 g/mol. The summed E-state index contributed by atoms with van der Waals surface area (Å²) in [4.78, 5) is 12.5. The number of hydrogen-bond donors (Lipinski definition) is 1. The lowest BCUT2D eigenvalue weighted by Gasteiger charge is -2.06.